The standard InChI is InChI=1S/C14H16N2O3S/c15-13-5-1-4-12-11(13)3-2-6-14(12)20(17,18)16-7-9-19-10-8-16/h1-6H,7-10,15H2. The van der Waals surface area contributed by atoms with Crippen molar-refractivity contribution in [1.82, 2.24) is 4.31 Å². The Hall–Kier alpha value is -1.63. The molecule has 0 spiro atoms. The highest BCUT2D eigenvalue weighted by Gasteiger charge is 2.27. The van der Waals surface area contributed by atoms with Crippen LogP contribution in [0.5, 0.6) is 0 Å². The van der Waals surface area contributed by atoms with Gasteiger partial charge in [0.2, 0.25) is 10.0 Å². The van der Waals surface area contributed by atoms with Crippen LogP contribution in [0.15, 0.2) is 41.3 Å². The van der Waals surface area contributed by atoms with Gasteiger partial charge in [0.25, 0.3) is 0 Å². The molecule has 1 fully saturated rings. The van der Waals surface area contributed by atoms with Crippen molar-refractivity contribution in [3.05, 3.63) is 36.4 Å². The third kappa shape index (κ3) is 2.15. The highest BCUT2D eigenvalue weighted by molar-refractivity contribution is 7.89. The van der Waals surface area contributed by atoms with Crippen molar-refractivity contribution in [1.29, 1.82) is 0 Å². The summed E-state index contributed by atoms with van der Waals surface area (Å²) in [5.41, 5.74) is 6.50. The highest BCUT2D eigenvalue weighted by atomic mass is 32.2. The van der Waals surface area contributed by atoms with Crippen molar-refractivity contribution in [2.24, 2.45) is 0 Å². The van der Waals surface area contributed by atoms with Gasteiger partial charge in [-0.1, -0.05) is 24.3 Å². The Balaban J connectivity index is 2.16. The number of nitrogens with two attached hydrogens (primary N) is 1. The number of anilines is 1. The van der Waals surface area contributed by atoms with Gasteiger partial charge in [-0.15, -0.1) is 0 Å². The second-order valence-corrected chi connectivity index (χ2v) is 6.62. The summed E-state index contributed by atoms with van der Waals surface area (Å²) in [6, 6.07) is 10.5. The molecule has 0 atom stereocenters. The lowest BCUT2D eigenvalue weighted by molar-refractivity contribution is 0.0730. The Labute approximate surface area is 118 Å². The molecule has 1 aliphatic rings. The molecule has 2 aromatic rings. The average Bonchev–Trinajstić information content (AvgIpc) is 2.48. The molecule has 2 N–H and O–H groups in total. The molecular weight excluding hydrogens is 276 g/mol. The summed E-state index contributed by atoms with van der Waals surface area (Å²) in [7, 11) is -3.51. The number of benzene rings is 2. The SMILES string of the molecule is Nc1cccc2c(S(=O)(=O)N3CCOCC3)cccc12. The first-order valence-electron chi connectivity index (χ1n) is 6.46. The number of rotatable bonds is 2. The summed E-state index contributed by atoms with van der Waals surface area (Å²) in [6.45, 7) is 1.65. The van der Waals surface area contributed by atoms with Gasteiger partial charge in [-0.2, -0.15) is 4.31 Å². The van der Waals surface area contributed by atoms with Gasteiger partial charge < -0.3 is 10.5 Å². The van der Waals surface area contributed by atoms with Gasteiger partial charge >= 0.3 is 0 Å². The quantitative estimate of drug-likeness (QED) is 0.850. The van der Waals surface area contributed by atoms with E-state index in [0.717, 1.165) is 5.39 Å². The number of morpholine rings is 1. The summed E-state index contributed by atoms with van der Waals surface area (Å²) in [5, 5.41) is 1.43. The van der Waals surface area contributed by atoms with E-state index in [1.54, 1.807) is 30.3 Å². The summed E-state index contributed by atoms with van der Waals surface area (Å²) < 4.78 is 32.2. The van der Waals surface area contributed by atoms with Crippen LogP contribution in [-0.4, -0.2) is 39.0 Å². The minimum atomic E-state index is -3.51. The zero-order valence-corrected chi connectivity index (χ0v) is 11.8. The molecule has 0 aromatic heterocycles. The second kappa shape index (κ2) is 5.05. The largest absolute Gasteiger partial charge is 0.398 e. The third-order valence-electron chi connectivity index (χ3n) is 3.50. The van der Waals surface area contributed by atoms with Gasteiger partial charge in [0.1, 0.15) is 0 Å². The number of hydrogen-bond acceptors (Lipinski definition) is 4. The fourth-order valence-corrected chi connectivity index (χ4v) is 4.07. The molecule has 20 heavy (non-hydrogen) atoms. The average molecular weight is 292 g/mol. The van der Waals surface area contributed by atoms with Crippen LogP contribution in [0.25, 0.3) is 10.8 Å². The minimum absolute atomic E-state index is 0.309. The van der Waals surface area contributed by atoms with Crippen molar-refractivity contribution >= 4 is 26.5 Å². The topological polar surface area (TPSA) is 72.6 Å². The Bertz CT molecular complexity index is 737. The van der Waals surface area contributed by atoms with E-state index in [0.29, 0.717) is 42.3 Å². The second-order valence-electron chi connectivity index (χ2n) is 4.71. The van der Waals surface area contributed by atoms with Crippen molar-refractivity contribution < 1.29 is 13.2 Å². The van der Waals surface area contributed by atoms with Gasteiger partial charge in [-0.25, -0.2) is 8.42 Å². The first-order valence-corrected chi connectivity index (χ1v) is 7.90. The number of sulfonamides is 1. The van der Waals surface area contributed by atoms with E-state index in [-0.39, 0.29) is 0 Å². The lowest BCUT2D eigenvalue weighted by Gasteiger charge is -2.26. The molecular formula is C14H16N2O3S. The summed E-state index contributed by atoms with van der Waals surface area (Å²) in [6.07, 6.45) is 0. The maximum atomic E-state index is 12.7. The van der Waals surface area contributed by atoms with Gasteiger partial charge in [0.15, 0.2) is 0 Å². The number of ether oxygens (including phenoxy) is 1. The zero-order chi connectivity index (χ0) is 14.2. The molecule has 6 heteroatoms. The number of nitrogens with zero attached hydrogens (tertiary/aromatic N) is 1. The maximum absolute atomic E-state index is 12.7. The molecule has 2 aromatic carbocycles. The monoisotopic (exact) mass is 292 g/mol. The van der Waals surface area contributed by atoms with Crippen LogP contribution in [0.3, 0.4) is 0 Å². The Morgan fingerprint density at radius 3 is 2.40 bits per heavy atom. The predicted octanol–water partition coefficient (Wildman–Crippen LogP) is 1.44. The summed E-state index contributed by atoms with van der Waals surface area (Å²) in [5.74, 6) is 0. The lowest BCUT2D eigenvalue weighted by Crippen LogP contribution is -2.40. The number of hydrogen-bond donors (Lipinski definition) is 1. The van der Waals surface area contributed by atoms with E-state index in [4.69, 9.17) is 10.5 Å². The van der Waals surface area contributed by atoms with Crippen molar-refractivity contribution in [3.63, 3.8) is 0 Å². The fourth-order valence-electron chi connectivity index (χ4n) is 2.46. The van der Waals surface area contributed by atoms with Crippen molar-refractivity contribution in [2.45, 2.75) is 4.90 Å². The van der Waals surface area contributed by atoms with Crippen LogP contribution in [0.4, 0.5) is 5.69 Å². The van der Waals surface area contributed by atoms with Crippen LogP contribution in [0.1, 0.15) is 0 Å². The number of nitrogen functional groups attached to an aromatic ring is 1. The van der Waals surface area contributed by atoms with Gasteiger partial charge in [0, 0.05) is 29.5 Å². The number of fused-ring (bicyclic) bond motifs is 1. The van der Waals surface area contributed by atoms with Crippen LogP contribution in [-0.2, 0) is 14.8 Å². The smallest absolute Gasteiger partial charge is 0.243 e. The molecule has 0 aliphatic carbocycles. The summed E-state index contributed by atoms with van der Waals surface area (Å²) in [4.78, 5) is 0.309. The fraction of sp³-hybridized carbons (Fsp3) is 0.286. The Morgan fingerprint density at radius 1 is 1.00 bits per heavy atom. The van der Waals surface area contributed by atoms with E-state index in [2.05, 4.69) is 0 Å². The summed E-state index contributed by atoms with van der Waals surface area (Å²) >= 11 is 0. The molecule has 106 valence electrons. The minimum Gasteiger partial charge on any atom is -0.398 e. The molecule has 0 amide bonds. The van der Waals surface area contributed by atoms with Crippen LogP contribution in [0.2, 0.25) is 0 Å². The van der Waals surface area contributed by atoms with Gasteiger partial charge in [0.05, 0.1) is 18.1 Å². The van der Waals surface area contributed by atoms with Crippen molar-refractivity contribution in [2.75, 3.05) is 32.0 Å². The van der Waals surface area contributed by atoms with Crippen LogP contribution < -0.4 is 5.73 Å². The zero-order valence-electron chi connectivity index (χ0n) is 11.0. The van der Waals surface area contributed by atoms with E-state index in [9.17, 15) is 8.42 Å². The maximum Gasteiger partial charge on any atom is 0.243 e. The Morgan fingerprint density at radius 2 is 1.65 bits per heavy atom. The normalized spacial score (nSPS) is 17.4. The molecule has 1 saturated heterocycles. The highest BCUT2D eigenvalue weighted by Crippen LogP contribution is 2.29. The van der Waals surface area contributed by atoms with Gasteiger partial charge in [-0.05, 0) is 12.1 Å². The van der Waals surface area contributed by atoms with Gasteiger partial charge in [-0.3, -0.25) is 0 Å². The van der Waals surface area contributed by atoms with E-state index < -0.39 is 10.0 Å². The molecule has 5 nitrogen and oxygen atoms in total. The molecule has 3 rings (SSSR count). The van der Waals surface area contributed by atoms with E-state index in [1.807, 2.05) is 6.07 Å². The predicted molar refractivity (Wildman–Crippen MR) is 77.9 cm³/mol. The third-order valence-corrected chi connectivity index (χ3v) is 5.46. The molecule has 0 radical (unpaired) electrons. The lowest BCUT2D eigenvalue weighted by atomic mass is 10.1. The van der Waals surface area contributed by atoms with Crippen LogP contribution in [0, 0.1) is 0 Å². The first kappa shape index (κ1) is 13.4. The molecule has 1 aliphatic heterocycles. The molecule has 0 bridgehead atoms. The van der Waals surface area contributed by atoms with E-state index in [1.165, 1.54) is 4.31 Å². The molecule has 1 heterocycles. The van der Waals surface area contributed by atoms with Crippen LogP contribution >= 0.6 is 0 Å². The first-order chi connectivity index (χ1) is 9.60. The Kier molecular flexibility index (Phi) is 3.37. The molecule has 0 unspecified atom stereocenters. The van der Waals surface area contributed by atoms with E-state index >= 15 is 0 Å². The molecule has 0 saturated carbocycles. The van der Waals surface area contributed by atoms with Crippen molar-refractivity contribution in [3.8, 4) is 0 Å².